The number of anilines is 3. The molecule has 5 heterocycles. The predicted octanol–water partition coefficient (Wildman–Crippen LogP) is 3.14. The number of imidazole rings is 1. The van der Waals surface area contributed by atoms with E-state index < -0.39 is 36.2 Å². The van der Waals surface area contributed by atoms with E-state index in [1.54, 1.807) is 20.3 Å². The first-order valence-corrected chi connectivity index (χ1v) is 18.0. The maximum absolute atomic E-state index is 13.6. The van der Waals surface area contributed by atoms with Crippen molar-refractivity contribution in [3.05, 3.63) is 78.3 Å². The van der Waals surface area contributed by atoms with Crippen LogP contribution < -0.4 is 29.7 Å². The Morgan fingerprint density at radius 1 is 0.966 bits per heavy atom. The number of aliphatic hydroxyl groups excluding tert-OH is 1. The van der Waals surface area contributed by atoms with Crippen LogP contribution in [0.3, 0.4) is 0 Å². The number of carboxylic acid groups (broad SMARTS) is 1. The van der Waals surface area contributed by atoms with Crippen molar-refractivity contribution in [2.24, 2.45) is 21.1 Å². The second-order valence-corrected chi connectivity index (χ2v) is 13.5. The van der Waals surface area contributed by atoms with Crippen molar-refractivity contribution in [2.45, 2.75) is 38.0 Å². The Morgan fingerprint density at radius 2 is 1.67 bits per heavy atom. The number of hydrogen-bond acceptors (Lipinski definition) is 12. The van der Waals surface area contributed by atoms with Gasteiger partial charge in [0.05, 0.1) is 48.6 Å². The maximum atomic E-state index is 13.6. The summed E-state index contributed by atoms with van der Waals surface area (Å²) >= 11 is 0. The molecule has 2 aliphatic heterocycles. The molecule has 20 nitrogen and oxygen atoms in total. The van der Waals surface area contributed by atoms with E-state index in [1.165, 1.54) is 75.5 Å². The smallest absolute Gasteiger partial charge is 0.416 e. The number of ether oxygens (including phenoxy) is 4. The largest absolute Gasteiger partial charge is 0.493 e. The van der Waals surface area contributed by atoms with Crippen LogP contribution in [0.2, 0.25) is 0 Å². The molecule has 20 heteroatoms. The van der Waals surface area contributed by atoms with Crippen LogP contribution in [0, 0.1) is 0 Å². The van der Waals surface area contributed by atoms with Crippen molar-refractivity contribution in [3.8, 4) is 17.4 Å². The lowest BCUT2D eigenvalue weighted by atomic mass is 10.1. The van der Waals surface area contributed by atoms with Crippen molar-refractivity contribution in [3.63, 3.8) is 0 Å². The molecule has 58 heavy (non-hydrogen) atoms. The molecule has 0 aliphatic carbocycles. The monoisotopic (exact) mass is 802 g/mol. The van der Waals surface area contributed by atoms with Gasteiger partial charge in [-0.15, -0.1) is 0 Å². The number of nitrogens with zero attached hydrogens (tertiary/aromatic N) is 6. The summed E-state index contributed by atoms with van der Waals surface area (Å²) in [4.78, 5) is 83.2. The molecule has 0 spiro atoms. The number of esters is 1. The third kappa shape index (κ3) is 8.36. The SMILES string of the molecule is C=CCOC(=O)N1c2cc(OCCCC(=O)Nc3cc(C(=O)Nc4cc(C(=O)Oc5cn(C)c(C(=O)O)n5)n(C)c4)n(C)c3)c(OC)cc2C(=O)N2CCC[C@H]2C1O. The van der Waals surface area contributed by atoms with Crippen LogP contribution in [-0.2, 0) is 30.7 Å². The van der Waals surface area contributed by atoms with E-state index in [-0.39, 0.29) is 89.4 Å². The fourth-order valence-electron chi connectivity index (χ4n) is 6.78. The summed E-state index contributed by atoms with van der Waals surface area (Å²) in [5.74, 6) is -3.50. The number of aliphatic hydroxyl groups is 1. The van der Waals surface area contributed by atoms with Gasteiger partial charge < -0.3 is 58.4 Å². The average molecular weight is 803 g/mol. The standard InChI is InChI=1S/C38H42N8O12/c1-6-12-57-38(54)46-25-17-29(28(55-5)16-23(25)34(49)45-11-7-9-24(45)35(46)50)56-13-8-10-30(47)39-21-14-26(42(2)18-21)33(48)40-22-15-27(43(3)19-22)37(53)58-31-20-44(4)32(41-31)36(51)52/h6,14-20,24,35,50H,1,7-13H2,2-5H3,(H,39,47)(H,40,48)(H,51,52)/t24-,35?/m0/s1. The Bertz CT molecular complexity index is 2290. The minimum absolute atomic E-state index is 0.0243. The molecule has 0 radical (unpaired) electrons. The minimum Gasteiger partial charge on any atom is -0.493 e. The summed E-state index contributed by atoms with van der Waals surface area (Å²) < 4.78 is 26.1. The molecule has 3 aromatic heterocycles. The van der Waals surface area contributed by atoms with E-state index in [2.05, 4.69) is 22.2 Å². The topological polar surface area (TPSA) is 238 Å². The van der Waals surface area contributed by atoms with Crippen LogP contribution in [0.15, 0.2) is 55.5 Å². The number of carbonyl (C=O) groups is 6. The quantitative estimate of drug-likeness (QED) is 0.0816. The van der Waals surface area contributed by atoms with E-state index in [1.807, 2.05) is 0 Å². The number of aromatic nitrogens is 4. The van der Waals surface area contributed by atoms with E-state index in [0.29, 0.717) is 25.1 Å². The predicted molar refractivity (Wildman–Crippen MR) is 204 cm³/mol. The number of aromatic carboxylic acids is 1. The van der Waals surface area contributed by atoms with Gasteiger partial charge in [0.1, 0.15) is 18.0 Å². The van der Waals surface area contributed by atoms with Gasteiger partial charge in [-0.05, 0) is 37.5 Å². The number of carboxylic acids is 1. The lowest BCUT2D eigenvalue weighted by molar-refractivity contribution is -0.116. The lowest BCUT2D eigenvalue weighted by Gasteiger charge is -2.31. The number of hydrogen-bond donors (Lipinski definition) is 4. The molecule has 1 unspecified atom stereocenters. The van der Waals surface area contributed by atoms with E-state index >= 15 is 0 Å². The molecule has 4 amide bonds. The normalized spacial score (nSPS) is 15.8. The molecule has 4 N–H and O–H groups in total. The highest BCUT2D eigenvalue weighted by Gasteiger charge is 2.45. The molecule has 306 valence electrons. The number of amides is 4. The van der Waals surface area contributed by atoms with Crippen molar-refractivity contribution < 1.29 is 57.9 Å². The zero-order valence-corrected chi connectivity index (χ0v) is 32.1. The Hall–Kier alpha value is -7.09. The van der Waals surface area contributed by atoms with Crippen molar-refractivity contribution in [1.82, 2.24) is 23.6 Å². The van der Waals surface area contributed by atoms with Gasteiger partial charge in [-0.2, -0.15) is 4.98 Å². The highest BCUT2D eigenvalue weighted by Crippen LogP contribution is 2.41. The second-order valence-electron chi connectivity index (χ2n) is 13.5. The Morgan fingerprint density at radius 3 is 2.36 bits per heavy atom. The summed E-state index contributed by atoms with van der Waals surface area (Å²) in [6.07, 6.45) is 4.88. The van der Waals surface area contributed by atoms with E-state index in [9.17, 15) is 39.0 Å². The molecule has 0 saturated carbocycles. The maximum Gasteiger partial charge on any atom is 0.416 e. The minimum atomic E-state index is -1.38. The molecule has 2 atom stereocenters. The van der Waals surface area contributed by atoms with Crippen LogP contribution in [0.5, 0.6) is 17.4 Å². The molecule has 6 rings (SSSR count). The van der Waals surface area contributed by atoms with Crippen molar-refractivity contribution in [2.75, 3.05) is 42.4 Å². The third-order valence-electron chi connectivity index (χ3n) is 9.50. The number of aryl methyl sites for hydroxylation is 3. The summed E-state index contributed by atoms with van der Waals surface area (Å²) in [5.41, 5.74) is 1.10. The third-order valence-corrected chi connectivity index (χ3v) is 9.50. The Labute approximate surface area is 331 Å². The fourth-order valence-corrected chi connectivity index (χ4v) is 6.78. The second kappa shape index (κ2) is 17.0. The molecule has 1 aromatic carbocycles. The highest BCUT2D eigenvalue weighted by atomic mass is 16.6. The van der Waals surface area contributed by atoms with Gasteiger partial charge in [-0.25, -0.2) is 19.3 Å². The molecule has 2 aliphatic rings. The summed E-state index contributed by atoms with van der Waals surface area (Å²) in [6, 6.07) is 5.13. The van der Waals surface area contributed by atoms with Crippen LogP contribution in [0.25, 0.3) is 0 Å². The number of rotatable bonds is 14. The molecule has 4 aromatic rings. The van der Waals surface area contributed by atoms with E-state index in [4.69, 9.17) is 18.9 Å². The first kappa shape index (κ1) is 40.6. The molecule has 1 fully saturated rings. The molecule has 1 saturated heterocycles. The number of methoxy groups -OCH3 is 1. The van der Waals surface area contributed by atoms with Crippen molar-refractivity contribution >= 4 is 52.8 Å². The van der Waals surface area contributed by atoms with Crippen LogP contribution in [-0.4, -0.2) is 109 Å². The van der Waals surface area contributed by atoms with Gasteiger partial charge in [0.15, 0.2) is 17.7 Å². The average Bonchev–Trinajstić information content (AvgIpc) is 3.97. The summed E-state index contributed by atoms with van der Waals surface area (Å²) in [7, 11) is 6.03. The molecule has 0 bridgehead atoms. The number of carbonyl (C=O) groups excluding carboxylic acids is 5. The van der Waals surface area contributed by atoms with Gasteiger partial charge in [0.25, 0.3) is 11.8 Å². The first-order chi connectivity index (χ1) is 27.7. The van der Waals surface area contributed by atoms with E-state index in [0.717, 1.165) is 4.90 Å². The van der Waals surface area contributed by atoms with Crippen LogP contribution in [0.1, 0.15) is 67.6 Å². The van der Waals surface area contributed by atoms with Crippen LogP contribution in [0.4, 0.5) is 21.9 Å². The van der Waals surface area contributed by atoms with Gasteiger partial charge in [-0.1, -0.05) is 12.7 Å². The Kier molecular flexibility index (Phi) is 11.9. The van der Waals surface area contributed by atoms with Gasteiger partial charge in [0.2, 0.25) is 17.6 Å². The first-order valence-electron chi connectivity index (χ1n) is 18.0. The highest BCUT2D eigenvalue weighted by molar-refractivity contribution is 6.06. The van der Waals surface area contributed by atoms with Gasteiger partial charge in [-0.3, -0.25) is 14.4 Å². The Balaban J connectivity index is 1.05. The zero-order chi connectivity index (χ0) is 41.8. The summed E-state index contributed by atoms with van der Waals surface area (Å²) in [5, 5.41) is 25.9. The fraction of sp³-hybridized carbons (Fsp3) is 0.342. The van der Waals surface area contributed by atoms with Gasteiger partial charge in [0, 0.05) is 52.6 Å². The zero-order valence-electron chi connectivity index (χ0n) is 32.1. The lowest BCUT2D eigenvalue weighted by Crippen LogP contribution is -2.50. The molecular formula is C38H42N8O12. The summed E-state index contributed by atoms with van der Waals surface area (Å²) in [6.45, 7) is 3.90. The number of fused-ring (bicyclic) bond motifs is 2. The number of benzene rings is 1. The van der Waals surface area contributed by atoms with Crippen LogP contribution >= 0.6 is 0 Å². The van der Waals surface area contributed by atoms with Crippen molar-refractivity contribution in [1.29, 1.82) is 0 Å². The number of nitrogens with one attached hydrogen (secondary N) is 2. The van der Waals surface area contributed by atoms with Gasteiger partial charge >= 0.3 is 18.0 Å². The molecular weight excluding hydrogens is 760 g/mol.